The van der Waals surface area contributed by atoms with Crippen molar-refractivity contribution in [2.45, 2.75) is 13.8 Å². The first-order valence-electron chi connectivity index (χ1n) is 5.61. The fourth-order valence-corrected chi connectivity index (χ4v) is 1.39. The smallest absolute Gasteiger partial charge is 0.250 e. The number of aryl methyl sites for hydroxylation is 1. The van der Waals surface area contributed by atoms with Gasteiger partial charge in [-0.15, -0.1) is 0 Å². The van der Waals surface area contributed by atoms with Crippen LogP contribution in [0, 0.1) is 6.92 Å². The quantitative estimate of drug-likeness (QED) is 0.631. The van der Waals surface area contributed by atoms with Gasteiger partial charge in [0, 0.05) is 17.3 Å². The maximum absolute atomic E-state index is 11.6. The summed E-state index contributed by atoms with van der Waals surface area (Å²) in [5.74, 6) is -0.133. The summed E-state index contributed by atoms with van der Waals surface area (Å²) < 4.78 is 0.718. The summed E-state index contributed by atoms with van der Waals surface area (Å²) in [6.45, 7) is 7.32. The fraction of sp³-hybridized carbons (Fsp3) is 0.357. The number of nitrogens with zero attached hydrogens (tertiary/aromatic N) is 1. The molecule has 0 aliphatic carbocycles. The van der Waals surface area contributed by atoms with Gasteiger partial charge in [-0.05, 0) is 25.5 Å². The highest BCUT2D eigenvalue weighted by Gasteiger charge is 2.14. The van der Waals surface area contributed by atoms with Gasteiger partial charge in [0.05, 0.1) is 21.1 Å². The molecular weight excluding hydrogens is 212 g/mol. The molecule has 0 spiro atoms. The van der Waals surface area contributed by atoms with Gasteiger partial charge in [0.2, 0.25) is 0 Å². The lowest BCUT2D eigenvalue weighted by atomic mass is 10.1. The van der Waals surface area contributed by atoms with Gasteiger partial charge in [-0.2, -0.15) is 0 Å². The Bertz CT molecular complexity index is 456. The Morgan fingerprint density at radius 1 is 1.29 bits per heavy atom. The van der Waals surface area contributed by atoms with Crippen LogP contribution in [0.3, 0.4) is 0 Å². The first-order valence-corrected chi connectivity index (χ1v) is 5.61. The zero-order valence-corrected chi connectivity index (χ0v) is 11.3. The highest BCUT2D eigenvalue weighted by molar-refractivity contribution is 6.03. The summed E-state index contributed by atoms with van der Waals surface area (Å²) in [6, 6.07) is 6.11. The Morgan fingerprint density at radius 2 is 1.88 bits per heavy atom. The number of carbonyl (C=O) groups is 1. The molecule has 1 amide bonds. The number of rotatable bonds is 3. The molecule has 0 bridgehead atoms. The van der Waals surface area contributed by atoms with E-state index in [9.17, 15) is 4.79 Å². The van der Waals surface area contributed by atoms with Crippen LogP contribution in [0.2, 0.25) is 0 Å². The Hall–Kier alpha value is -1.61. The van der Waals surface area contributed by atoms with E-state index >= 15 is 0 Å². The van der Waals surface area contributed by atoms with E-state index in [2.05, 4.69) is 39.1 Å². The Balaban J connectivity index is 3.07. The largest absolute Gasteiger partial charge is 0.322 e. The second kappa shape index (κ2) is 4.72. The van der Waals surface area contributed by atoms with Crippen molar-refractivity contribution in [1.29, 1.82) is 0 Å². The number of benzene rings is 1. The summed E-state index contributed by atoms with van der Waals surface area (Å²) in [7, 11) is 6.28. The summed E-state index contributed by atoms with van der Waals surface area (Å²) in [6.07, 6.45) is 0. The van der Waals surface area contributed by atoms with Crippen LogP contribution in [0.4, 0.5) is 11.4 Å². The molecule has 3 heteroatoms. The Kier molecular flexibility index (Phi) is 3.73. The van der Waals surface area contributed by atoms with E-state index in [0.717, 1.165) is 21.4 Å². The molecular formula is C14H21N2O+. The topological polar surface area (TPSA) is 29.1 Å². The molecule has 0 heterocycles. The number of amides is 1. The van der Waals surface area contributed by atoms with E-state index in [4.69, 9.17) is 0 Å². The van der Waals surface area contributed by atoms with Crippen LogP contribution in [0.15, 0.2) is 30.4 Å². The Morgan fingerprint density at radius 3 is 2.35 bits per heavy atom. The Labute approximate surface area is 103 Å². The lowest BCUT2D eigenvalue weighted by Gasteiger charge is -2.24. The molecule has 17 heavy (non-hydrogen) atoms. The molecule has 0 saturated heterocycles. The molecule has 92 valence electrons. The van der Waals surface area contributed by atoms with Crippen molar-refractivity contribution in [1.82, 2.24) is 4.48 Å². The third kappa shape index (κ3) is 3.43. The lowest BCUT2D eigenvalue weighted by Crippen LogP contribution is -2.34. The highest BCUT2D eigenvalue weighted by atomic mass is 16.1. The predicted molar refractivity (Wildman–Crippen MR) is 74.2 cm³/mol. The number of nitrogens with one attached hydrogen (secondary N) is 1. The molecule has 0 saturated carbocycles. The molecule has 0 radical (unpaired) electrons. The van der Waals surface area contributed by atoms with Crippen molar-refractivity contribution < 1.29 is 4.79 Å². The minimum atomic E-state index is -0.133. The average molecular weight is 233 g/mol. The number of quaternary nitrogens is 1. The van der Waals surface area contributed by atoms with Crippen LogP contribution < -0.4 is 9.80 Å². The van der Waals surface area contributed by atoms with Gasteiger partial charge in [0.1, 0.15) is 5.69 Å². The molecule has 0 aromatic heterocycles. The molecule has 0 aliphatic rings. The third-order valence-electron chi connectivity index (χ3n) is 2.63. The average Bonchev–Trinajstić information content (AvgIpc) is 2.19. The first kappa shape index (κ1) is 13.5. The van der Waals surface area contributed by atoms with E-state index in [1.165, 1.54) is 0 Å². The second-order valence-electron chi connectivity index (χ2n) is 5.25. The second-order valence-corrected chi connectivity index (χ2v) is 5.25. The molecule has 0 aliphatic heterocycles. The summed E-state index contributed by atoms with van der Waals surface area (Å²) in [4.78, 5) is 11.6. The summed E-state index contributed by atoms with van der Waals surface area (Å²) >= 11 is 0. The van der Waals surface area contributed by atoms with E-state index < -0.39 is 0 Å². The summed E-state index contributed by atoms with van der Waals surface area (Å²) in [5, 5.41) is 2.87. The van der Waals surface area contributed by atoms with Gasteiger partial charge in [0.25, 0.3) is 5.91 Å². The molecule has 0 fully saturated rings. The van der Waals surface area contributed by atoms with Gasteiger partial charge in [0.15, 0.2) is 0 Å². The lowest BCUT2D eigenvalue weighted by molar-refractivity contribution is -0.112. The molecule has 1 N–H and O–H groups in total. The molecule has 0 unspecified atom stereocenters. The standard InChI is InChI=1S/C14H20N2O/c1-10(2)14(17)15-13-9-12(16(4,5)6)8-7-11(13)3/h7-9H,1H2,2-6H3/p+1. The van der Waals surface area contributed by atoms with Crippen molar-refractivity contribution in [2.24, 2.45) is 0 Å². The molecule has 1 rings (SSSR count). The van der Waals surface area contributed by atoms with Crippen molar-refractivity contribution >= 4 is 17.3 Å². The first-order chi connectivity index (χ1) is 7.71. The zero-order valence-electron chi connectivity index (χ0n) is 11.3. The van der Waals surface area contributed by atoms with Gasteiger partial charge in [-0.25, -0.2) is 0 Å². The minimum Gasteiger partial charge on any atom is -0.322 e. The zero-order chi connectivity index (χ0) is 13.2. The maximum atomic E-state index is 11.6. The minimum absolute atomic E-state index is 0.133. The molecule has 3 nitrogen and oxygen atoms in total. The van der Waals surface area contributed by atoms with Crippen LogP contribution in [-0.4, -0.2) is 27.1 Å². The van der Waals surface area contributed by atoms with E-state index in [0.29, 0.717) is 5.57 Å². The number of hydrogen-bond acceptors (Lipinski definition) is 1. The maximum Gasteiger partial charge on any atom is 0.250 e. The molecule has 1 aromatic carbocycles. The van der Waals surface area contributed by atoms with Gasteiger partial charge < -0.3 is 5.32 Å². The molecule has 1 aromatic rings. The predicted octanol–water partition coefficient (Wildman–Crippen LogP) is 2.71. The van der Waals surface area contributed by atoms with E-state index in [1.807, 2.05) is 19.1 Å². The van der Waals surface area contributed by atoms with E-state index in [-0.39, 0.29) is 5.91 Å². The van der Waals surface area contributed by atoms with Crippen LogP contribution in [0.1, 0.15) is 12.5 Å². The van der Waals surface area contributed by atoms with Crippen molar-refractivity contribution in [3.8, 4) is 0 Å². The fourth-order valence-electron chi connectivity index (χ4n) is 1.39. The van der Waals surface area contributed by atoms with Gasteiger partial charge in [-0.1, -0.05) is 12.6 Å². The number of anilines is 1. The SMILES string of the molecule is C=C(C)C(=O)Nc1cc([N+](C)(C)C)ccc1C. The van der Waals surface area contributed by atoms with Crippen LogP contribution in [-0.2, 0) is 4.79 Å². The number of hydrogen-bond donors (Lipinski definition) is 1. The third-order valence-corrected chi connectivity index (χ3v) is 2.63. The normalized spacial score (nSPS) is 11.1. The highest BCUT2D eigenvalue weighted by Crippen LogP contribution is 2.25. The summed E-state index contributed by atoms with van der Waals surface area (Å²) in [5.41, 5.74) is 3.56. The van der Waals surface area contributed by atoms with Crippen molar-refractivity contribution in [2.75, 3.05) is 26.5 Å². The molecule has 0 atom stereocenters. The van der Waals surface area contributed by atoms with E-state index in [1.54, 1.807) is 6.92 Å². The van der Waals surface area contributed by atoms with Crippen LogP contribution in [0.25, 0.3) is 0 Å². The van der Waals surface area contributed by atoms with Crippen LogP contribution in [0.5, 0.6) is 0 Å². The van der Waals surface area contributed by atoms with Crippen molar-refractivity contribution in [3.63, 3.8) is 0 Å². The van der Waals surface area contributed by atoms with Gasteiger partial charge >= 0.3 is 0 Å². The van der Waals surface area contributed by atoms with Crippen molar-refractivity contribution in [3.05, 3.63) is 35.9 Å². The van der Waals surface area contributed by atoms with Crippen LogP contribution >= 0.6 is 0 Å². The monoisotopic (exact) mass is 233 g/mol. The van der Waals surface area contributed by atoms with Gasteiger partial charge in [-0.3, -0.25) is 9.28 Å². The number of carbonyl (C=O) groups excluding carboxylic acids is 1.